The molecule has 0 bridgehead atoms. The molecule has 1 rings (SSSR count). The van der Waals surface area contributed by atoms with Crippen LogP contribution in [0.1, 0.15) is 66.2 Å². The molecule has 1 fully saturated rings. The van der Waals surface area contributed by atoms with E-state index in [4.69, 9.17) is 23.7 Å². The Bertz CT molecular complexity index is 408. The van der Waals surface area contributed by atoms with Crippen molar-refractivity contribution in [2.75, 3.05) is 33.5 Å². The monoisotopic (exact) mass is 403 g/mol. The average Bonchev–Trinajstić information content (AvgIpc) is 2.68. The zero-order chi connectivity index (χ0) is 20.8. The molecule has 7 heteroatoms. The Balaban J connectivity index is 2.99. The van der Waals surface area contributed by atoms with Gasteiger partial charge in [0.2, 0.25) is 5.91 Å². The van der Waals surface area contributed by atoms with E-state index in [1.54, 1.807) is 7.11 Å². The minimum atomic E-state index is -0.562. The fourth-order valence-electron chi connectivity index (χ4n) is 3.14. The summed E-state index contributed by atoms with van der Waals surface area (Å²) >= 11 is 0. The smallest absolute Gasteiger partial charge is 0.216 e. The molecular weight excluding hydrogens is 362 g/mol. The van der Waals surface area contributed by atoms with Gasteiger partial charge in [0.15, 0.2) is 6.29 Å². The normalized spacial score (nSPS) is 27.7. The van der Waals surface area contributed by atoms with Gasteiger partial charge in [-0.15, -0.1) is 0 Å². The zero-order valence-corrected chi connectivity index (χ0v) is 18.4. The van der Waals surface area contributed by atoms with Gasteiger partial charge in [0.25, 0.3) is 0 Å². The lowest BCUT2D eigenvalue weighted by molar-refractivity contribution is -0.311. The molecule has 28 heavy (non-hydrogen) atoms. The van der Waals surface area contributed by atoms with E-state index >= 15 is 0 Å². The molecule has 0 spiro atoms. The fourth-order valence-corrected chi connectivity index (χ4v) is 3.14. The highest BCUT2D eigenvalue weighted by Crippen LogP contribution is 2.29. The molecule has 0 saturated carbocycles. The molecule has 0 aromatic carbocycles. The molecule has 5 atom stereocenters. The minimum Gasteiger partial charge on any atom is -0.373 e. The summed E-state index contributed by atoms with van der Waals surface area (Å²) in [7, 11) is 1.61. The molecule has 0 aromatic heterocycles. The molecule has 166 valence electrons. The fraction of sp³-hybridized carbons (Fsp3) is 0.952. The summed E-state index contributed by atoms with van der Waals surface area (Å²) in [6.45, 7) is 10.1. The van der Waals surface area contributed by atoms with Crippen LogP contribution in [-0.4, -0.2) is 70.1 Å². The van der Waals surface area contributed by atoms with E-state index in [1.807, 2.05) is 0 Å². The standard InChI is InChI=1S/C21H41NO6/c1-6-9-12-25-18-17(15-22-16(4)23)28-21(24-5)20(27-14-11-8-3)19(18)26-13-10-7-2/h17-21H,6-15H2,1-5H3,(H,22,23). The van der Waals surface area contributed by atoms with Crippen LogP contribution in [0.2, 0.25) is 0 Å². The SMILES string of the molecule is CCCCOC1C(CNC(C)=O)OC(OC)C(OCCCC)C1OCCCC. The molecular formula is C21H41NO6. The Morgan fingerprint density at radius 2 is 1.36 bits per heavy atom. The van der Waals surface area contributed by atoms with Gasteiger partial charge in [0.1, 0.15) is 24.4 Å². The van der Waals surface area contributed by atoms with Gasteiger partial charge in [0.05, 0.1) is 0 Å². The predicted molar refractivity (Wildman–Crippen MR) is 108 cm³/mol. The van der Waals surface area contributed by atoms with Crippen molar-refractivity contribution < 1.29 is 28.5 Å². The van der Waals surface area contributed by atoms with E-state index < -0.39 is 6.29 Å². The summed E-state index contributed by atoms with van der Waals surface area (Å²) in [5.41, 5.74) is 0. The third kappa shape index (κ3) is 8.74. The van der Waals surface area contributed by atoms with Gasteiger partial charge in [0, 0.05) is 40.4 Å². The second-order valence-electron chi connectivity index (χ2n) is 7.28. The van der Waals surface area contributed by atoms with Crippen molar-refractivity contribution in [1.29, 1.82) is 0 Å². The van der Waals surface area contributed by atoms with Crippen LogP contribution in [0, 0.1) is 0 Å². The first kappa shape index (κ1) is 25.3. The van der Waals surface area contributed by atoms with Crippen molar-refractivity contribution in [3.8, 4) is 0 Å². The maximum Gasteiger partial charge on any atom is 0.216 e. The largest absolute Gasteiger partial charge is 0.373 e. The topological polar surface area (TPSA) is 75.3 Å². The highest BCUT2D eigenvalue weighted by Gasteiger charge is 2.48. The van der Waals surface area contributed by atoms with Crippen molar-refractivity contribution >= 4 is 5.91 Å². The molecule has 0 radical (unpaired) electrons. The first-order chi connectivity index (χ1) is 13.6. The van der Waals surface area contributed by atoms with Crippen LogP contribution < -0.4 is 5.32 Å². The summed E-state index contributed by atoms with van der Waals surface area (Å²) in [6, 6.07) is 0. The van der Waals surface area contributed by atoms with Crippen molar-refractivity contribution in [2.45, 2.75) is 96.9 Å². The van der Waals surface area contributed by atoms with Crippen LogP contribution in [0.15, 0.2) is 0 Å². The lowest BCUT2D eigenvalue weighted by atomic mass is 9.97. The average molecular weight is 404 g/mol. The Morgan fingerprint density at radius 1 is 0.857 bits per heavy atom. The van der Waals surface area contributed by atoms with Gasteiger partial charge in [-0.25, -0.2) is 0 Å². The van der Waals surface area contributed by atoms with Gasteiger partial charge in [-0.3, -0.25) is 4.79 Å². The van der Waals surface area contributed by atoms with Crippen LogP contribution in [0.25, 0.3) is 0 Å². The number of nitrogens with one attached hydrogen (secondary N) is 1. The van der Waals surface area contributed by atoms with Gasteiger partial charge in [-0.1, -0.05) is 40.0 Å². The second-order valence-corrected chi connectivity index (χ2v) is 7.28. The number of rotatable bonds is 15. The Labute approximate surface area is 170 Å². The van der Waals surface area contributed by atoms with Crippen LogP contribution in [0.5, 0.6) is 0 Å². The Kier molecular flexibility index (Phi) is 13.7. The van der Waals surface area contributed by atoms with Crippen molar-refractivity contribution in [2.24, 2.45) is 0 Å². The zero-order valence-electron chi connectivity index (χ0n) is 18.4. The summed E-state index contributed by atoms with van der Waals surface area (Å²) in [4.78, 5) is 11.4. The number of hydrogen-bond donors (Lipinski definition) is 1. The minimum absolute atomic E-state index is 0.102. The summed E-state index contributed by atoms with van der Waals surface area (Å²) in [6.07, 6.45) is 4.11. The van der Waals surface area contributed by atoms with E-state index in [1.165, 1.54) is 6.92 Å². The molecule has 1 aliphatic rings. The Morgan fingerprint density at radius 3 is 1.82 bits per heavy atom. The number of unbranched alkanes of at least 4 members (excludes halogenated alkanes) is 3. The maximum atomic E-state index is 11.4. The van der Waals surface area contributed by atoms with Gasteiger partial charge >= 0.3 is 0 Å². The second kappa shape index (κ2) is 15.2. The molecule has 0 aromatic rings. The number of ether oxygens (including phenoxy) is 5. The number of methoxy groups -OCH3 is 1. The molecule has 1 saturated heterocycles. The predicted octanol–water partition coefficient (Wildman–Crippen LogP) is 3.05. The number of carbonyl (C=O) groups is 1. The van der Waals surface area contributed by atoms with E-state index in [9.17, 15) is 4.79 Å². The highest BCUT2D eigenvalue weighted by atomic mass is 16.7. The molecule has 1 heterocycles. The van der Waals surface area contributed by atoms with E-state index in [0.29, 0.717) is 26.4 Å². The first-order valence-corrected chi connectivity index (χ1v) is 10.9. The van der Waals surface area contributed by atoms with Gasteiger partial charge < -0.3 is 29.0 Å². The lowest BCUT2D eigenvalue weighted by Gasteiger charge is -2.45. The molecule has 5 unspecified atom stereocenters. The number of carbonyl (C=O) groups excluding carboxylic acids is 1. The number of amides is 1. The molecule has 1 aliphatic heterocycles. The molecule has 7 nitrogen and oxygen atoms in total. The molecule has 0 aliphatic carbocycles. The van der Waals surface area contributed by atoms with Crippen LogP contribution in [-0.2, 0) is 28.5 Å². The van der Waals surface area contributed by atoms with Crippen molar-refractivity contribution in [3.05, 3.63) is 0 Å². The first-order valence-electron chi connectivity index (χ1n) is 10.9. The van der Waals surface area contributed by atoms with E-state index in [-0.39, 0.29) is 30.3 Å². The number of hydrogen-bond acceptors (Lipinski definition) is 6. The van der Waals surface area contributed by atoms with E-state index in [2.05, 4.69) is 26.1 Å². The van der Waals surface area contributed by atoms with Crippen molar-refractivity contribution in [3.63, 3.8) is 0 Å². The summed E-state index contributed by atoms with van der Waals surface area (Å²) in [5, 5.41) is 2.84. The quantitative estimate of drug-likeness (QED) is 0.424. The highest BCUT2D eigenvalue weighted by molar-refractivity contribution is 5.72. The Hall–Kier alpha value is -0.730. The summed E-state index contributed by atoms with van der Waals surface area (Å²) in [5.74, 6) is -0.102. The molecule has 1 N–H and O–H groups in total. The van der Waals surface area contributed by atoms with Gasteiger partial charge in [-0.2, -0.15) is 0 Å². The van der Waals surface area contributed by atoms with Crippen molar-refractivity contribution in [1.82, 2.24) is 5.32 Å². The molecule has 1 amide bonds. The van der Waals surface area contributed by atoms with E-state index in [0.717, 1.165) is 38.5 Å². The third-order valence-electron chi connectivity index (χ3n) is 4.80. The maximum absolute atomic E-state index is 11.4. The van der Waals surface area contributed by atoms with Crippen LogP contribution >= 0.6 is 0 Å². The lowest BCUT2D eigenvalue weighted by Crippen LogP contribution is -2.63. The third-order valence-corrected chi connectivity index (χ3v) is 4.80. The summed E-state index contributed by atoms with van der Waals surface area (Å²) < 4.78 is 30.3. The van der Waals surface area contributed by atoms with Gasteiger partial charge in [-0.05, 0) is 19.3 Å². The van der Waals surface area contributed by atoms with Crippen LogP contribution in [0.3, 0.4) is 0 Å². The van der Waals surface area contributed by atoms with Crippen LogP contribution in [0.4, 0.5) is 0 Å².